The van der Waals surface area contributed by atoms with E-state index in [4.69, 9.17) is 4.74 Å². The molecule has 0 aromatic carbocycles. The van der Waals surface area contributed by atoms with E-state index in [1.807, 2.05) is 26.2 Å². The molecule has 1 fully saturated rings. The van der Waals surface area contributed by atoms with Gasteiger partial charge in [0, 0.05) is 30.6 Å². The predicted octanol–water partition coefficient (Wildman–Crippen LogP) is 1.08. The van der Waals surface area contributed by atoms with E-state index < -0.39 is 10.0 Å². The number of nitrogens with one attached hydrogen (secondary N) is 2. The van der Waals surface area contributed by atoms with Crippen molar-refractivity contribution in [3.8, 4) is 0 Å². The molecule has 8 heteroatoms. The number of aryl methyl sites for hydroxylation is 1. The minimum absolute atomic E-state index is 0.315. The van der Waals surface area contributed by atoms with Crippen LogP contribution < -0.4 is 10.1 Å². The lowest BCUT2D eigenvalue weighted by molar-refractivity contribution is 0.0272. The van der Waals surface area contributed by atoms with Crippen LogP contribution in [0.4, 0.5) is 0 Å². The first-order valence-corrected chi connectivity index (χ1v) is 9.42. The van der Waals surface area contributed by atoms with Crippen LogP contribution in [-0.2, 0) is 21.3 Å². The SMILES string of the molecule is Cc1csc(CNC(C)C)c1S(=O)(=O)NN1CCOCC1. The topological polar surface area (TPSA) is 70.7 Å². The summed E-state index contributed by atoms with van der Waals surface area (Å²) in [7, 11) is -3.54. The molecule has 0 bridgehead atoms. The van der Waals surface area contributed by atoms with Crippen LogP contribution in [0.5, 0.6) is 0 Å². The molecule has 1 aromatic heterocycles. The highest BCUT2D eigenvalue weighted by Crippen LogP contribution is 2.27. The van der Waals surface area contributed by atoms with E-state index in [2.05, 4.69) is 10.1 Å². The second-order valence-corrected chi connectivity index (χ2v) is 7.96. The number of hydrogen-bond acceptors (Lipinski definition) is 6. The molecular weight excluding hydrogens is 310 g/mol. The quantitative estimate of drug-likeness (QED) is 0.815. The number of hydrogen-bond donors (Lipinski definition) is 2. The Labute approximate surface area is 130 Å². The van der Waals surface area contributed by atoms with E-state index in [1.54, 1.807) is 5.01 Å². The number of morpholine rings is 1. The van der Waals surface area contributed by atoms with Gasteiger partial charge in [-0.05, 0) is 17.9 Å². The Morgan fingerprint density at radius 1 is 1.38 bits per heavy atom. The third-order valence-electron chi connectivity index (χ3n) is 3.19. The summed E-state index contributed by atoms with van der Waals surface area (Å²) >= 11 is 1.48. The van der Waals surface area contributed by atoms with Gasteiger partial charge in [-0.1, -0.05) is 13.8 Å². The third kappa shape index (κ3) is 4.48. The highest BCUT2D eigenvalue weighted by atomic mass is 32.2. The molecular formula is C13H23N3O3S2. The lowest BCUT2D eigenvalue weighted by Gasteiger charge is -2.27. The van der Waals surface area contributed by atoms with Crippen molar-refractivity contribution < 1.29 is 13.2 Å². The zero-order chi connectivity index (χ0) is 15.5. The fourth-order valence-corrected chi connectivity index (χ4v) is 5.03. The average Bonchev–Trinajstić information content (AvgIpc) is 2.79. The van der Waals surface area contributed by atoms with Crippen LogP contribution >= 0.6 is 11.3 Å². The summed E-state index contributed by atoms with van der Waals surface area (Å²) in [4.78, 5) is 3.93. The summed E-state index contributed by atoms with van der Waals surface area (Å²) in [5, 5.41) is 6.87. The first kappa shape index (κ1) is 16.9. The van der Waals surface area contributed by atoms with E-state index in [0.717, 1.165) is 10.4 Å². The lowest BCUT2D eigenvalue weighted by atomic mass is 10.3. The molecule has 0 aliphatic carbocycles. The summed E-state index contributed by atoms with van der Waals surface area (Å²) in [6.07, 6.45) is 0. The van der Waals surface area contributed by atoms with Crippen molar-refractivity contribution >= 4 is 21.4 Å². The number of hydrazine groups is 1. The minimum Gasteiger partial charge on any atom is -0.379 e. The van der Waals surface area contributed by atoms with Gasteiger partial charge in [0.25, 0.3) is 10.0 Å². The van der Waals surface area contributed by atoms with Gasteiger partial charge in [-0.3, -0.25) is 0 Å². The van der Waals surface area contributed by atoms with Gasteiger partial charge in [0.05, 0.1) is 13.2 Å². The van der Waals surface area contributed by atoms with Crippen molar-refractivity contribution in [2.75, 3.05) is 26.3 Å². The molecule has 0 atom stereocenters. The van der Waals surface area contributed by atoms with Gasteiger partial charge >= 0.3 is 0 Å². The van der Waals surface area contributed by atoms with Crippen LogP contribution in [-0.4, -0.2) is 45.8 Å². The molecule has 2 heterocycles. The Morgan fingerprint density at radius 2 is 2.05 bits per heavy atom. The highest BCUT2D eigenvalue weighted by Gasteiger charge is 2.26. The first-order chi connectivity index (χ1) is 9.90. The number of sulfonamides is 1. The molecule has 1 aromatic rings. The van der Waals surface area contributed by atoms with Crippen molar-refractivity contribution in [1.29, 1.82) is 0 Å². The molecule has 0 unspecified atom stereocenters. The lowest BCUT2D eigenvalue weighted by Crippen LogP contribution is -2.48. The third-order valence-corrected chi connectivity index (χ3v) is 6.03. The van der Waals surface area contributed by atoms with Crippen molar-refractivity contribution in [3.63, 3.8) is 0 Å². The summed E-state index contributed by atoms with van der Waals surface area (Å²) in [5.41, 5.74) is 0.793. The van der Waals surface area contributed by atoms with Crippen LogP contribution in [0.1, 0.15) is 24.3 Å². The molecule has 1 saturated heterocycles. The fourth-order valence-electron chi connectivity index (χ4n) is 2.14. The predicted molar refractivity (Wildman–Crippen MR) is 83.7 cm³/mol. The number of ether oxygens (including phenoxy) is 1. The fraction of sp³-hybridized carbons (Fsp3) is 0.692. The van der Waals surface area contributed by atoms with Crippen LogP contribution in [0.25, 0.3) is 0 Å². The maximum Gasteiger partial charge on any atom is 0.254 e. The van der Waals surface area contributed by atoms with Crippen LogP contribution in [0, 0.1) is 6.92 Å². The van der Waals surface area contributed by atoms with Crippen molar-refractivity contribution in [2.45, 2.75) is 38.3 Å². The maximum absolute atomic E-state index is 12.6. The molecule has 0 radical (unpaired) electrons. The number of thiophene rings is 1. The summed E-state index contributed by atoms with van der Waals surface area (Å²) in [5.74, 6) is 0. The van der Waals surface area contributed by atoms with Crippen molar-refractivity contribution in [3.05, 3.63) is 15.8 Å². The van der Waals surface area contributed by atoms with Crippen LogP contribution in [0.15, 0.2) is 10.3 Å². The largest absolute Gasteiger partial charge is 0.379 e. The zero-order valence-electron chi connectivity index (χ0n) is 12.7. The van der Waals surface area contributed by atoms with Gasteiger partial charge in [-0.15, -0.1) is 16.2 Å². The van der Waals surface area contributed by atoms with Gasteiger partial charge in [0.15, 0.2) is 0 Å². The van der Waals surface area contributed by atoms with Crippen LogP contribution in [0.2, 0.25) is 0 Å². The Hall–Kier alpha value is -0.510. The highest BCUT2D eigenvalue weighted by molar-refractivity contribution is 7.89. The first-order valence-electron chi connectivity index (χ1n) is 7.05. The van der Waals surface area contributed by atoms with E-state index in [9.17, 15) is 8.42 Å². The van der Waals surface area contributed by atoms with E-state index in [1.165, 1.54) is 11.3 Å². The molecule has 1 aliphatic rings. The molecule has 2 rings (SSSR count). The summed E-state index contributed by atoms with van der Waals surface area (Å²) in [6, 6.07) is 0.315. The van der Waals surface area contributed by atoms with Gasteiger partial charge < -0.3 is 10.1 Å². The Bertz CT molecular complexity index is 563. The molecule has 0 amide bonds. The molecule has 0 spiro atoms. The number of nitrogens with zero attached hydrogens (tertiary/aromatic N) is 1. The van der Waals surface area contributed by atoms with Gasteiger partial charge in [0.2, 0.25) is 0 Å². The van der Waals surface area contributed by atoms with Crippen molar-refractivity contribution in [2.24, 2.45) is 0 Å². The monoisotopic (exact) mass is 333 g/mol. The van der Waals surface area contributed by atoms with E-state index in [0.29, 0.717) is 43.8 Å². The smallest absolute Gasteiger partial charge is 0.254 e. The Kier molecular flexibility index (Phi) is 5.75. The molecule has 0 saturated carbocycles. The summed E-state index contributed by atoms with van der Waals surface area (Å²) < 4.78 is 30.5. The second kappa shape index (κ2) is 7.17. The van der Waals surface area contributed by atoms with Gasteiger partial charge in [0.1, 0.15) is 4.90 Å². The van der Waals surface area contributed by atoms with E-state index >= 15 is 0 Å². The average molecular weight is 333 g/mol. The van der Waals surface area contributed by atoms with Gasteiger partial charge in [-0.25, -0.2) is 13.4 Å². The minimum atomic E-state index is -3.54. The Balaban J connectivity index is 2.16. The second-order valence-electron chi connectivity index (χ2n) is 5.40. The number of rotatable bonds is 6. The standard InChI is InChI=1S/C13H23N3O3S2/c1-10(2)14-8-12-13(11(3)9-20-12)21(17,18)15-16-4-6-19-7-5-16/h9-10,14-15H,4-8H2,1-3H3. The molecule has 6 nitrogen and oxygen atoms in total. The van der Waals surface area contributed by atoms with Crippen LogP contribution in [0.3, 0.4) is 0 Å². The molecule has 1 aliphatic heterocycles. The van der Waals surface area contributed by atoms with Gasteiger partial charge in [-0.2, -0.15) is 0 Å². The molecule has 120 valence electrons. The Morgan fingerprint density at radius 3 is 2.67 bits per heavy atom. The maximum atomic E-state index is 12.6. The molecule has 2 N–H and O–H groups in total. The van der Waals surface area contributed by atoms with E-state index in [-0.39, 0.29) is 0 Å². The molecule has 21 heavy (non-hydrogen) atoms. The summed E-state index contributed by atoms with van der Waals surface area (Å²) in [6.45, 7) is 8.73. The normalized spacial score (nSPS) is 17.5. The zero-order valence-corrected chi connectivity index (χ0v) is 14.3. The van der Waals surface area contributed by atoms with Crippen molar-refractivity contribution in [1.82, 2.24) is 15.2 Å².